The number of non-ortho nitro benzene ring substituents is 1. The van der Waals surface area contributed by atoms with Gasteiger partial charge in [-0.15, -0.1) is 0 Å². The molecular formula is C12H13NO5. The van der Waals surface area contributed by atoms with Crippen LogP contribution in [0, 0.1) is 16.0 Å². The lowest BCUT2D eigenvalue weighted by atomic mass is 10.1. The number of esters is 1. The molecule has 1 aromatic carbocycles. The van der Waals surface area contributed by atoms with Gasteiger partial charge in [-0.2, -0.15) is 0 Å². The van der Waals surface area contributed by atoms with Crippen molar-refractivity contribution in [2.45, 2.75) is 20.5 Å². The third-order valence-electron chi connectivity index (χ3n) is 2.47. The Morgan fingerprint density at radius 2 is 2.11 bits per heavy atom. The summed E-state index contributed by atoms with van der Waals surface area (Å²) in [6.07, 6.45) is 0. The van der Waals surface area contributed by atoms with Crippen molar-refractivity contribution in [2.24, 2.45) is 5.92 Å². The highest BCUT2D eigenvalue weighted by Gasteiger charge is 2.19. The van der Waals surface area contributed by atoms with Crippen LogP contribution < -0.4 is 0 Å². The molecule has 6 heteroatoms. The molecule has 0 spiro atoms. The monoisotopic (exact) mass is 251 g/mol. The summed E-state index contributed by atoms with van der Waals surface area (Å²) in [5.74, 6) is -1.73. The van der Waals surface area contributed by atoms with Gasteiger partial charge in [0.05, 0.1) is 4.92 Å². The van der Waals surface area contributed by atoms with E-state index < -0.39 is 16.8 Å². The van der Waals surface area contributed by atoms with Crippen LogP contribution in [0.25, 0.3) is 0 Å². The summed E-state index contributed by atoms with van der Waals surface area (Å²) in [4.78, 5) is 32.4. The highest BCUT2D eigenvalue weighted by Crippen LogP contribution is 2.14. The Kier molecular flexibility index (Phi) is 4.53. The Hall–Kier alpha value is -2.24. The topological polar surface area (TPSA) is 86.5 Å². The van der Waals surface area contributed by atoms with E-state index in [1.165, 1.54) is 32.0 Å². The SMILES string of the molecule is CC(=O)C(C)C(=O)OCc1cccc([N+](=O)[O-])c1. The highest BCUT2D eigenvalue weighted by atomic mass is 16.6. The van der Waals surface area contributed by atoms with Crippen LogP contribution in [0.5, 0.6) is 0 Å². The number of carbonyl (C=O) groups excluding carboxylic acids is 2. The van der Waals surface area contributed by atoms with Crippen molar-refractivity contribution in [3.63, 3.8) is 0 Å². The van der Waals surface area contributed by atoms with Crippen LogP contribution in [0.2, 0.25) is 0 Å². The first-order chi connectivity index (χ1) is 8.41. The summed E-state index contributed by atoms with van der Waals surface area (Å²) >= 11 is 0. The molecule has 0 aromatic heterocycles. The van der Waals surface area contributed by atoms with Gasteiger partial charge in [0, 0.05) is 12.1 Å². The van der Waals surface area contributed by atoms with Crippen LogP contribution in [-0.2, 0) is 20.9 Å². The molecule has 96 valence electrons. The van der Waals surface area contributed by atoms with Crippen LogP contribution in [0.4, 0.5) is 5.69 Å². The van der Waals surface area contributed by atoms with Crippen molar-refractivity contribution in [3.05, 3.63) is 39.9 Å². The first-order valence-corrected chi connectivity index (χ1v) is 5.32. The lowest BCUT2D eigenvalue weighted by Gasteiger charge is -2.08. The van der Waals surface area contributed by atoms with E-state index in [2.05, 4.69) is 0 Å². The van der Waals surface area contributed by atoms with Gasteiger partial charge in [-0.1, -0.05) is 12.1 Å². The van der Waals surface area contributed by atoms with Crippen LogP contribution in [-0.4, -0.2) is 16.7 Å². The number of rotatable bonds is 5. The maximum absolute atomic E-state index is 11.4. The molecule has 0 saturated heterocycles. The maximum Gasteiger partial charge on any atom is 0.316 e. The zero-order valence-electron chi connectivity index (χ0n) is 10.1. The van der Waals surface area contributed by atoms with Crippen molar-refractivity contribution < 1.29 is 19.2 Å². The Morgan fingerprint density at radius 3 is 2.67 bits per heavy atom. The fourth-order valence-corrected chi connectivity index (χ4v) is 1.21. The maximum atomic E-state index is 11.4. The first kappa shape index (κ1) is 13.8. The number of nitro benzene ring substituents is 1. The second kappa shape index (κ2) is 5.90. The number of carbonyl (C=O) groups is 2. The van der Waals surface area contributed by atoms with Crippen LogP contribution in [0.15, 0.2) is 24.3 Å². The van der Waals surface area contributed by atoms with Gasteiger partial charge in [0.25, 0.3) is 5.69 Å². The van der Waals surface area contributed by atoms with Crippen molar-refractivity contribution in [1.82, 2.24) is 0 Å². The molecule has 1 atom stereocenters. The van der Waals surface area contributed by atoms with E-state index in [1.54, 1.807) is 6.07 Å². The van der Waals surface area contributed by atoms with E-state index in [1.807, 2.05) is 0 Å². The summed E-state index contributed by atoms with van der Waals surface area (Å²) in [6.45, 7) is 2.68. The average Bonchev–Trinajstić information content (AvgIpc) is 2.35. The molecule has 0 aliphatic heterocycles. The number of nitro groups is 1. The molecular weight excluding hydrogens is 238 g/mol. The second-order valence-corrected chi connectivity index (χ2v) is 3.87. The average molecular weight is 251 g/mol. The fraction of sp³-hybridized carbons (Fsp3) is 0.333. The molecule has 0 radical (unpaired) electrons. The molecule has 0 bridgehead atoms. The first-order valence-electron chi connectivity index (χ1n) is 5.32. The minimum absolute atomic E-state index is 0.0665. The zero-order chi connectivity index (χ0) is 13.7. The molecule has 1 unspecified atom stereocenters. The normalized spacial score (nSPS) is 11.7. The molecule has 1 rings (SSSR count). The Morgan fingerprint density at radius 1 is 1.44 bits per heavy atom. The molecule has 0 saturated carbocycles. The third-order valence-corrected chi connectivity index (χ3v) is 2.47. The van der Waals surface area contributed by atoms with E-state index in [4.69, 9.17) is 4.74 Å². The van der Waals surface area contributed by atoms with Gasteiger partial charge in [0.2, 0.25) is 0 Å². The largest absolute Gasteiger partial charge is 0.460 e. The summed E-state index contributed by atoms with van der Waals surface area (Å²) in [5.41, 5.74) is 0.441. The number of Topliss-reactive ketones (excluding diaryl/α,β-unsaturated/α-hetero) is 1. The summed E-state index contributed by atoms with van der Waals surface area (Å²) in [6, 6.07) is 5.80. The van der Waals surface area contributed by atoms with Gasteiger partial charge in [0.1, 0.15) is 18.3 Å². The summed E-state index contributed by atoms with van der Waals surface area (Å²) < 4.78 is 4.90. The van der Waals surface area contributed by atoms with Gasteiger partial charge in [-0.05, 0) is 19.4 Å². The quantitative estimate of drug-likeness (QED) is 0.345. The number of benzene rings is 1. The smallest absolute Gasteiger partial charge is 0.316 e. The van der Waals surface area contributed by atoms with E-state index in [0.29, 0.717) is 5.56 Å². The Balaban J connectivity index is 2.64. The van der Waals surface area contributed by atoms with Crippen molar-refractivity contribution in [1.29, 1.82) is 0 Å². The van der Waals surface area contributed by atoms with Crippen LogP contribution in [0.1, 0.15) is 19.4 Å². The van der Waals surface area contributed by atoms with Crippen molar-refractivity contribution >= 4 is 17.4 Å². The molecule has 0 fully saturated rings. The Bertz CT molecular complexity index is 483. The van der Waals surface area contributed by atoms with Gasteiger partial charge >= 0.3 is 5.97 Å². The van der Waals surface area contributed by atoms with E-state index >= 15 is 0 Å². The van der Waals surface area contributed by atoms with Crippen molar-refractivity contribution in [2.75, 3.05) is 0 Å². The lowest BCUT2D eigenvalue weighted by Crippen LogP contribution is -2.20. The predicted octanol–water partition coefficient (Wildman–Crippen LogP) is 1.86. The van der Waals surface area contributed by atoms with Gasteiger partial charge in [0.15, 0.2) is 0 Å². The standard InChI is InChI=1S/C12H13NO5/c1-8(9(2)14)12(15)18-7-10-4-3-5-11(6-10)13(16)17/h3-6,8H,7H2,1-2H3. The molecule has 0 aliphatic carbocycles. The zero-order valence-corrected chi connectivity index (χ0v) is 10.1. The molecule has 18 heavy (non-hydrogen) atoms. The summed E-state index contributed by atoms with van der Waals surface area (Å²) in [7, 11) is 0. The number of hydrogen-bond acceptors (Lipinski definition) is 5. The van der Waals surface area contributed by atoms with E-state index in [0.717, 1.165) is 0 Å². The molecule has 6 nitrogen and oxygen atoms in total. The predicted molar refractivity (Wildman–Crippen MR) is 62.7 cm³/mol. The number of nitrogens with zero attached hydrogens (tertiary/aromatic N) is 1. The molecule has 0 N–H and O–H groups in total. The van der Waals surface area contributed by atoms with Gasteiger partial charge in [-0.25, -0.2) is 0 Å². The van der Waals surface area contributed by atoms with Gasteiger partial charge in [-0.3, -0.25) is 19.7 Å². The molecule has 0 aliphatic rings. The molecule has 1 aromatic rings. The minimum atomic E-state index is -0.816. The van der Waals surface area contributed by atoms with Crippen LogP contribution in [0.3, 0.4) is 0 Å². The van der Waals surface area contributed by atoms with Gasteiger partial charge < -0.3 is 4.74 Å². The second-order valence-electron chi connectivity index (χ2n) is 3.87. The minimum Gasteiger partial charge on any atom is -0.460 e. The van der Waals surface area contributed by atoms with E-state index in [-0.39, 0.29) is 18.1 Å². The number of ketones is 1. The Labute approximate surface area is 104 Å². The number of hydrogen-bond donors (Lipinski definition) is 0. The summed E-state index contributed by atoms with van der Waals surface area (Å²) in [5, 5.41) is 10.5. The third kappa shape index (κ3) is 3.65. The lowest BCUT2D eigenvalue weighted by molar-refractivity contribution is -0.384. The molecule has 0 heterocycles. The van der Waals surface area contributed by atoms with Crippen LogP contribution >= 0.6 is 0 Å². The van der Waals surface area contributed by atoms with E-state index in [9.17, 15) is 19.7 Å². The molecule has 0 amide bonds. The fourth-order valence-electron chi connectivity index (χ4n) is 1.21. The number of ether oxygens (including phenoxy) is 1. The highest BCUT2D eigenvalue weighted by molar-refractivity contribution is 5.97. The van der Waals surface area contributed by atoms with Crippen molar-refractivity contribution in [3.8, 4) is 0 Å².